The van der Waals surface area contributed by atoms with Gasteiger partial charge in [-0.15, -0.1) is 0 Å². The Kier molecular flexibility index (Phi) is 2.01. The summed E-state index contributed by atoms with van der Waals surface area (Å²) in [5.41, 5.74) is 4.51. The van der Waals surface area contributed by atoms with Gasteiger partial charge in [-0.05, 0) is 36.1 Å². The third-order valence-corrected chi connectivity index (χ3v) is 4.91. The van der Waals surface area contributed by atoms with Crippen LogP contribution >= 0.6 is 0 Å². The number of benzene rings is 2. The predicted molar refractivity (Wildman–Crippen MR) is 66.0 cm³/mol. The van der Waals surface area contributed by atoms with Gasteiger partial charge in [-0.1, -0.05) is 36.4 Å². The summed E-state index contributed by atoms with van der Waals surface area (Å²) in [4.78, 5) is 1.98. The quantitative estimate of drug-likeness (QED) is 0.576. The van der Waals surface area contributed by atoms with Gasteiger partial charge in [-0.25, -0.2) is 4.21 Å². The molecule has 0 saturated carbocycles. The van der Waals surface area contributed by atoms with E-state index in [-0.39, 0.29) is 0 Å². The predicted octanol–water partition coefficient (Wildman–Crippen LogP) is 3.45. The van der Waals surface area contributed by atoms with Crippen molar-refractivity contribution >= 4 is 10.8 Å². The second kappa shape index (κ2) is 3.29. The molecule has 2 aromatic rings. The van der Waals surface area contributed by atoms with Crippen molar-refractivity contribution in [3.8, 4) is 11.1 Å². The van der Waals surface area contributed by atoms with Crippen LogP contribution < -0.4 is 0 Å². The zero-order chi connectivity index (χ0) is 11.3. The fourth-order valence-electron chi connectivity index (χ4n) is 2.32. The number of aryl methyl sites for hydroxylation is 2. The third kappa shape index (κ3) is 1.14. The van der Waals surface area contributed by atoms with Crippen LogP contribution in [0, 0.1) is 13.8 Å². The fourth-order valence-corrected chi connectivity index (χ4v) is 4.00. The van der Waals surface area contributed by atoms with Crippen molar-refractivity contribution in [2.75, 3.05) is 0 Å². The Balaban J connectivity index is 2.44. The molecule has 0 amide bonds. The van der Waals surface area contributed by atoms with Crippen molar-refractivity contribution in [1.82, 2.24) is 0 Å². The summed E-state index contributed by atoms with van der Waals surface area (Å²) in [6, 6.07) is 12.2. The Hall–Kier alpha value is -1.41. The molecule has 0 bridgehead atoms. The number of rotatable bonds is 0. The van der Waals surface area contributed by atoms with E-state index in [1.807, 2.05) is 38.1 Å². The van der Waals surface area contributed by atoms with Gasteiger partial charge in [0.25, 0.3) is 0 Å². The van der Waals surface area contributed by atoms with Crippen LogP contribution in [0.1, 0.15) is 11.1 Å². The second-order valence-electron chi connectivity index (χ2n) is 4.17. The molecular formula is C14H12OS. The van der Waals surface area contributed by atoms with Gasteiger partial charge >= 0.3 is 0 Å². The van der Waals surface area contributed by atoms with Crippen LogP contribution in [0.3, 0.4) is 0 Å². The first-order valence-electron chi connectivity index (χ1n) is 5.31. The molecule has 0 aromatic heterocycles. The average Bonchev–Trinajstić information content (AvgIpc) is 2.56. The maximum atomic E-state index is 12.4. The monoisotopic (exact) mass is 228 g/mol. The van der Waals surface area contributed by atoms with Crippen molar-refractivity contribution in [3.63, 3.8) is 0 Å². The van der Waals surface area contributed by atoms with Crippen LogP contribution in [0.5, 0.6) is 0 Å². The Bertz CT molecular complexity index is 561. The smallest absolute Gasteiger partial charge is 0.0867 e. The standard InChI is InChI=1S/C14H12OS/c1-9-5-3-7-11-12-8-4-6-10(2)14(12)16(15)13(9)11/h3-8H,1-2H3. The van der Waals surface area contributed by atoms with E-state index >= 15 is 0 Å². The lowest BCUT2D eigenvalue weighted by molar-refractivity contribution is 0.684. The zero-order valence-electron chi connectivity index (χ0n) is 9.28. The number of hydrogen-bond donors (Lipinski definition) is 0. The Morgan fingerprint density at radius 3 is 1.69 bits per heavy atom. The molecule has 1 nitrogen and oxygen atoms in total. The topological polar surface area (TPSA) is 17.1 Å². The van der Waals surface area contributed by atoms with Crippen molar-refractivity contribution in [1.29, 1.82) is 0 Å². The summed E-state index contributed by atoms with van der Waals surface area (Å²) < 4.78 is 12.4. The third-order valence-electron chi connectivity index (χ3n) is 3.08. The summed E-state index contributed by atoms with van der Waals surface area (Å²) in [5, 5.41) is 0. The lowest BCUT2D eigenvalue weighted by atomic mass is 10.0. The molecule has 1 aliphatic heterocycles. The molecule has 1 aliphatic rings. The highest BCUT2D eigenvalue weighted by molar-refractivity contribution is 7.86. The molecule has 1 heterocycles. The Labute approximate surface area is 97.6 Å². The molecule has 2 aromatic carbocycles. The molecule has 0 radical (unpaired) electrons. The Morgan fingerprint density at radius 1 is 0.812 bits per heavy atom. The molecule has 0 unspecified atom stereocenters. The SMILES string of the molecule is Cc1cccc2c1S(=O)c1c(C)cccc1-2. The van der Waals surface area contributed by atoms with Gasteiger partial charge < -0.3 is 0 Å². The lowest BCUT2D eigenvalue weighted by Crippen LogP contribution is -1.91. The van der Waals surface area contributed by atoms with Gasteiger partial charge in [-0.2, -0.15) is 0 Å². The van der Waals surface area contributed by atoms with Crippen molar-refractivity contribution in [3.05, 3.63) is 47.5 Å². The minimum Gasteiger partial charge on any atom is -0.249 e. The van der Waals surface area contributed by atoms with Crippen LogP contribution in [-0.2, 0) is 10.8 Å². The summed E-state index contributed by atoms with van der Waals surface area (Å²) in [5.74, 6) is 0. The van der Waals surface area contributed by atoms with Crippen molar-refractivity contribution < 1.29 is 4.21 Å². The minimum absolute atomic E-state index is 0.992. The van der Waals surface area contributed by atoms with Gasteiger partial charge in [-0.3, -0.25) is 0 Å². The maximum Gasteiger partial charge on any atom is 0.0867 e. The molecule has 0 saturated heterocycles. The van der Waals surface area contributed by atoms with Crippen LogP contribution in [0.4, 0.5) is 0 Å². The van der Waals surface area contributed by atoms with Gasteiger partial charge in [0.1, 0.15) is 0 Å². The van der Waals surface area contributed by atoms with Gasteiger partial charge in [0, 0.05) is 0 Å². The largest absolute Gasteiger partial charge is 0.249 e. The zero-order valence-corrected chi connectivity index (χ0v) is 10.1. The molecule has 0 spiro atoms. The maximum absolute atomic E-state index is 12.4. The van der Waals surface area contributed by atoms with Crippen molar-refractivity contribution in [2.45, 2.75) is 23.6 Å². The van der Waals surface area contributed by atoms with Crippen molar-refractivity contribution in [2.24, 2.45) is 0 Å². The average molecular weight is 228 g/mol. The second-order valence-corrected chi connectivity index (χ2v) is 5.53. The highest BCUT2D eigenvalue weighted by Gasteiger charge is 2.27. The molecule has 0 atom stereocenters. The Morgan fingerprint density at radius 2 is 1.25 bits per heavy atom. The molecular weight excluding hydrogens is 216 g/mol. The van der Waals surface area contributed by atoms with E-state index in [2.05, 4.69) is 12.1 Å². The first-order chi connectivity index (χ1) is 7.70. The van der Waals surface area contributed by atoms with Crippen LogP contribution in [0.15, 0.2) is 46.2 Å². The number of hydrogen-bond acceptors (Lipinski definition) is 1. The van der Waals surface area contributed by atoms with Crippen LogP contribution in [0.2, 0.25) is 0 Å². The molecule has 0 N–H and O–H groups in total. The summed E-state index contributed by atoms with van der Waals surface area (Å²) in [6.07, 6.45) is 0. The molecule has 3 rings (SSSR count). The van der Waals surface area contributed by atoms with E-state index < -0.39 is 10.8 Å². The minimum atomic E-state index is -0.996. The van der Waals surface area contributed by atoms with E-state index in [9.17, 15) is 4.21 Å². The van der Waals surface area contributed by atoms with E-state index in [0.717, 1.165) is 32.0 Å². The lowest BCUT2D eigenvalue weighted by Gasteiger charge is -2.01. The van der Waals surface area contributed by atoms with E-state index in [0.29, 0.717) is 0 Å². The van der Waals surface area contributed by atoms with Crippen LogP contribution in [0.25, 0.3) is 11.1 Å². The first kappa shape index (κ1) is 9.79. The number of fused-ring (bicyclic) bond motifs is 3. The first-order valence-corrected chi connectivity index (χ1v) is 6.46. The van der Waals surface area contributed by atoms with E-state index in [4.69, 9.17) is 0 Å². The molecule has 2 heteroatoms. The van der Waals surface area contributed by atoms with Crippen LogP contribution in [-0.4, -0.2) is 4.21 Å². The van der Waals surface area contributed by atoms with E-state index in [1.165, 1.54) is 0 Å². The van der Waals surface area contributed by atoms with Gasteiger partial charge in [0.15, 0.2) is 0 Å². The fraction of sp³-hybridized carbons (Fsp3) is 0.143. The highest BCUT2D eigenvalue weighted by atomic mass is 32.2. The molecule has 16 heavy (non-hydrogen) atoms. The normalized spacial score (nSPS) is 13.6. The molecule has 0 aliphatic carbocycles. The molecule has 80 valence electrons. The van der Waals surface area contributed by atoms with E-state index in [1.54, 1.807) is 0 Å². The summed E-state index contributed by atoms with van der Waals surface area (Å²) >= 11 is 0. The highest BCUT2D eigenvalue weighted by Crippen LogP contribution is 2.43. The van der Waals surface area contributed by atoms with Gasteiger partial charge in [0.2, 0.25) is 0 Å². The van der Waals surface area contributed by atoms with Gasteiger partial charge in [0.05, 0.1) is 20.6 Å². The summed E-state index contributed by atoms with van der Waals surface area (Å²) in [7, 11) is -0.996. The molecule has 0 fully saturated rings. The summed E-state index contributed by atoms with van der Waals surface area (Å²) in [6.45, 7) is 4.05.